The number of terminal acetylenes is 1. The number of alkyl halides is 3. The van der Waals surface area contributed by atoms with E-state index in [4.69, 9.17) is 12.2 Å². The Morgan fingerprint density at radius 2 is 2.09 bits per heavy atom. The van der Waals surface area contributed by atoms with E-state index in [0.29, 0.717) is 5.56 Å². The number of hydrogen-bond acceptors (Lipinski definition) is 2. The number of primary amides is 1. The summed E-state index contributed by atoms with van der Waals surface area (Å²) in [5.41, 5.74) is 4.14. The molecule has 0 saturated heterocycles. The van der Waals surface area contributed by atoms with Gasteiger partial charge in [0.05, 0.1) is 5.57 Å². The molecule has 1 amide bonds. The summed E-state index contributed by atoms with van der Waals surface area (Å²) in [4.78, 5) is 11.9. The molecule has 0 fully saturated rings. The van der Waals surface area contributed by atoms with Crippen molar-refractivity contribution in [3.05, 3.63) is 58.8 Å². The molecule has 2 rings (SSSR count). The van der Waals surface area contributed by atoms with E-state index >= 15 is 0 Å². The molecule has 1 unspecified atom stereocenters. The molecule has 0 bridgehead atoms. The van der Waals surface area contributed by atoms with Gasteiger partial charge in [-0.05, 0) is 42.5 Å². The zero-order valence-corrected chi connectivity index (χ0v) is 11.7. The molecule has 0 aromatic heterocycles. The van der Waals surface area contributed by atoms with Gasteiger partial charge in [-0.3, -0.25) is 4.79 Å². The molecule has 1 atom stereocenters. The summed E-state index contributed by atoms with van der Waals surface area (Å²) in [6.07, 6.45) is 3.47. The molecule has 0 radical (unpaired) electrons. The molecular formula is C16H13F3N2O. The number of rotatable bonds is 2. The Hall–Kier alpha value is -2.68. The first kappa shape index (κ1) is 15.7. The van der Waals surface area contributed by atoms with Gasteiger partial charge < -0.3 is 11.1 Å². The number of benzene rings is 1. The summed E-state index contributed by atoms with van der Waals surface area (Å²) < 4.78 is 38.8. The molecule has 22 heavy (non-hydrogen) atoms. The minimum absolute atomic E-state index is 0.254. The average Bonchev–Trinajstić information content (AvgIpc) is 2.46. The molecule has 1 aliphatic rings. The molecule has 3 nitrogen and oxygen atoms in total. The van der Waals surface area contributed by atoms with E-state index in [0.717, 1.165) is 23.9 Å². The van der Waals surface area contributed by atoms with Gasteiger partial charge in [0.25, 0.3) is 5.91 Å². The maximum Gasteiger partial charge on any atom is 0.416 e. The van der Waals surface area contributed by atoms with Gasteiger partial charge in [-0.1, -0.05) is 18.1 Å². The van der Waals surface area contributed by atoms with Gasteiger partial charge in [0.1, 0.15) is 0 Å². The Balaban J connectivity index is 2.66. The highest BCUT2D eigenvalue weighted by Crippen LogP contribution is 2.35. The summed E-state index contributed by atoms with van der Waals surface area (Å²) >= 11 is 0. The summed E-state index contributed by atoms with van der Waals surface area (Å²) in [5.74, 6) is 1.48. The van der Waals surface area contributed by atoms with Crippen LogP contribution >= 0.6 is 0 Å². The molecule has 0 saturated carbocycles. The first-order valence-corrected chi connectivity index (χ1v) is 6.32. The van der Waals surface area contributed by atoms with Crippen molar-refractivity contribution in [3.8, 4) is 12.3 Å². The zero-order valence-electron chi connectivity index (χ0n) is 11.7. The number of nitrogens with one attached hydrogen (secondary N) is 1. The standard InChI is InChI=1S/C16H13F3N2O/c1-3-11-8-12(5-4-10(11)2)15(14(20)22)9-13(6-7-21-15)16(17,18)19/h1,4-9,21H,2H3,(H2,20,22). The topological polar surface area (TPSA) is 55.1 Å². The molecule has 6 heteroatoms. The minimum Gasteiger partial charge on any atom is -0.370 e. The lowest BCUT2D eigenvalue weighted by Crippen LogP contribution is -2.51. The van der Waals surface area contributed by atoms with Crippen LogP contribution in [0, 0.1) is 19.3 Å². The van der Waals surface area contributed by atoms with Gasteiger partial charge in [-0.2, -0.15) is 13.2 Å². The normalized spacial score (nSPS) is 20.8. The minimum atomic E-state index is -4.58. The van der Waals surface area contributed by atoms with Crippen LogP contribution in [0.25, 0.3) is 0 Å². The van der Waals surface area contributed by atoms with E-state index < -0.39 is 23.2 Å². The predicted octanol–water partition coefficient (Wildman–Crippen LogP) is 2.26. The molecule has 114 valence electrons. The lowest BCUT2D eigenvalue weighted by Gasteiger charge is -2.32. The van der Waals surface area contributed by atoms with E-state index in [2.05, 4.69) is 11.2 Å². The predicted molar refractivity (Wildman–Crippen MR) is 76.4 cm³/mol. The SMILES string of the molecule is C#Cc1cc(C2(C(N)=O)C=C(C(F)(F)F)C=CN2)ccc1C. The van der Waals surface area contributed by atoms with Crippen LogP contribution in [0.4, 0.5) is 13.2 Å². The smallest absolute Gasteiger partial charge is 0.370 e. The average molecular weight is 306 g/mol. The summed E-state index contributed by atoms with van der Waals surface area (Å²) in [6, 6.07) is 4.64. The largest absolute Gasteiger partial charge is 0.416 e. The highest BCUT2D eigenvalue weighted by atomic mass is 19.4. The van der Waals surface area contributed by atoms with E-state index in [1.165, 1.54) is 12.1 Å². The van der Waals surface area contributed by atoms with Crippen LogP contribution in [-0.4, -0.2) is 12.1 Å². The maximum absolute atomic E-state index is 12.9. The highest BCUT2D eigenvalue weighted by molar-refractivity contribution is 5.89. The molecule has 1 aromatic rings. The molecule has 0 aliphatic carbocycles. The summed E-state index contributed by atoms with van der Waals surface area (Å²) in [5, 5.41) is 2.62. The van der Waals surface area contributed by atoms with Crippen LogP contribution in [-0.2, 0) is 10.3 Å². The third-order valence-electron chi connectivity index (χ3n) is 3.51. The van der Waals surface area contributed by atoms with Crippen LogP contribution in [0.5, 0.6) is 0 Å². The number of dihydropyridines is 1. The van der Waals surface area contributed by atoms with Crippen molar-refractivity contribution in [2.75, 3.05) is 0 Å². The second-order valence-electron chi connectivity index (χ2n) is 4.92. The van der Waals surface area contributed by atoms with Gasteiger partial charge in [0, 0.05) is 5.56 Å². The monoisotopic (exact) mass is 306 g/mol. The Kier molecular flexibility index (Phi) is 3.76. The fraction of sp³-hybridized carbons (Fsp3) is 0.188. The van der Waals surface area contributed by atoms with E-state index in [-0.39, 0.29) is 5.56 Å². The highest BCUT2D eigenvalue weighted by Gasteiger charge is 2.43. The van der Waals surface area contributed by atoms with Gasteiger partial charge in [0.15, 0.2) is 5.54 Å². The van der Waals surface area contributed by atoms with Crippen LogP contribution in [0.15, 0.2) is 42.1 Å². The van der Waals surface area contributed by atoms with E-state index in [9.17, 15) is 18.0 Å². The van der Waals surface area contributed by atoms with Crippen molar-refractivity contribution in [2.45, 2.75) is 18.6 Å². The second-order valence-corrected chi connectivity index (χ2v) is 4.92. The quantitative estimate of drug-likeness (QED) is 0.824. The van der Waals surface area contributed by atoms with E-state index in [1.807, 2.05) is 0 Å². The first-order chi connectivity index (χ1) is 10.2. The number of allylic oxidation sites excluding steroid dienone is 2. The van der Waals surface area contributed by atoms with Gasteiger partial charge in [-0.25, -0.2) is 0 Å². The Morgan fingerprint density at radius 1 is 1.41 bits per heavy atom. The zero-order chi connectivity index (χ0) is 16.5. The van der Waals surface area contributed by atoms with Gasteiger partial charge >= 0.3 is 6.18 Å². The number of amides is 1. The number of nitrogens with two attached hydrogens (primary N) is 1. The number of aryl methyl sites for hydroxylation is 1. The van der Waals surface area contributed by atoms with Crippen LogP contribution in [0.1, 0.15) is 16.7 Å². The van der Waals surface area contributed by atoms with E-state index in [1.54, 1.807) is 13.0 Å². The van der Waals surface area contributed by atoms with Crippen molar-refractivity contribution in [3.63, 3.8) is 0 Å². The van der Waals surface area contributed by atoms with Crippen molar-refractivity contribution in [1.82, 2.24) is 5.32 Å². The Bertz CT molecular complexity index is 726. The Morgan fingerprint density at radius 3 is 2.64 bits per heavy atom. The van der Waals surface area contributed by atoms with Crippen LogP contribution in [0.2, 0.25) is 0 Å². The molecule has 1 aliphatic heterocycles. The molecule has 3 N–H and O–H groups in total. The third-order valence-corrected chi connectivity index (χ3v) is 3.51. The number of hydrogen-bond donors (Lipinski definition) is 2. The molecule has 1 aromatic carbocycles. The van der Waals surface area contributed by atoms with Crippen molar-refractivity contribution in [2.24, 2.45) is 5.73 Å². The second kappa shape index (κ2) is 5.26. The van der Waals surface area contributed by atoms with Crippen molar-refractivity contribution < 1.29 is 18.0 Å². The maximum atomic E-state index is 12.9. The number of halogens is 3. The van der Waals surface area contributed by atoms with Crippen LogP contribution in [0.3, 0.4) is 0 Å². The summed E-state index contributed by atoms with van der Waals surface area (Å²) in [6.45, 7) is 1.76. The van der Waals surface area contributed by atoms with Crippen molar-refractivity contribution >= 4 is 5.91 Å². The fourth-order valence-electron chi connectivity index (χ4n) is 2.24. The molecule has 1 heterocycles. The molecule has 0 spiro atoms. The lowest BCUT2D eigenvalue weighted by molar-refractivity contribution is -0.123. The van der Waals surface area contributed by atoms with Gasteiger partial charge in [0.2, 0.25) is 0 Å². The summed E-state index contributed by atoms with van der Waals surface area (Å²) in [7, 11) is 0. The third kappa shape index (κ3) is 2.58. The molecular weight excluding hydrogens is 293 g/mol. The Labute approximate surface area is 125 Å². The number of carbonyl (C=O) groups is 1. The van der Waals surface area contributed by atoms with Gasteiger partial charge in [-0.15, -0.1) is 6.42 Å². The van der Waals surface area contributed by atoms with Crippen molar-refractivity contribution in [1.29, 1.82) is 0 Å². The van der Waals surface area contributed by atoms with Crippen LogP contribution < -0.4 is 11.1 Å². The fourth-order valence-corrected chi connectivity index (χ4v) is 2.24. The number of carbonyl (C=O) groups excluding carboxylic acids is 1. The first-order valence-electron chi connectivity index (χ1n) is 6.32. The lowest BCUT2D eigenvalue weighted by atomic mass is 9.84.